The van der Waals surface area contributed by atoms with Gasteiger partial charge in [-0.1, -0.05) is 36.7 Å². The third kappa shape index (κ3) is 6.47. The number of hydrogen-bond donors (Lipinski definition) is 2. The molecule has 0 saturated heterocycles. The van der Waals surface area contributed by atoms with Gasteiger partial charge in [0.05, 0.1) is 16.1 Å². The molecular formula is C24H26F3N3O2S. The van der Waals surface area contributed by atoms with Crippen LogP contribution < -0.4 is 10.5 Å². The number of alkyl halides is 3. The van der Waals surface area contributed by atoms with Crippen LogP contribution in [-0.2, 0) is 25.6 Å². The van der Waals surface area contributed by atoms with Gasteiger partial charge in [-0.05, 0) is 55.2 Å². The van der Waals surface area contributed by atoms with E-state index in [1.807, 2.05) is 25.1 Å². The highest BCUT2D eigenvalue weighted by atomic mass is 32.1. The average Bonchev–Trinajstić information content (AvgIpc) is 3.20. The molecule has 0 amide bonds. The lowest BCUT2D eigenvalue weighted by molar-refractivity contribution is -0.137. The molecule has 5 nitrogen and oxygen atoms in total. The third-order valence-electron chi connectivity index (χ3n) is 5.19. The van der Waals surface area contributed by atoms with Gasteiger partial charge in [-0.3, -0.25) is 0 Å². The first-order valence-corrected chi connectivity index (χ1v) is 11.4. The van der Waals surface area contributed by atoms with Gasteiger partial charge in [-0.15, -0.1) is 11.3 Å². The van der Waals surface area contributed by atoms with Crippen molar-refractivity contribution in [2.75, 3.05) is 0 Å². The van der Waals surface area contributed by atoms with E-state index in [2.05, 4.69) is 12.1 Å². The lowest BCUT2D eigenvalue weighted by atomic mass is 10.1. The molecule has 9 heteroatoms. The number of benzene rings is 2. The smallest absolute Gasteiger partial charge is 0.416 e. The standard InChI is InChI=1S/C24H26F3N3O2S/c1-3-4-5-20-21(14-32-19-11-8-17(15(2)12-19)13-22(28)30-31)33-23(29-20)16-6-9-18(10-7-16)24(25,26)27/h6-12,31H,3-5,13-14H2,1-2H3,(H2,28,30). The van der Waals surface area contributed by atoms with Crippen molar-refractivity contribution >= 4 is 17.2 Å². The van der Waals surface area contributed by atoms with Gasteiger partial charge in [0.15, 0.2) is 0 Å². The first kappa shape index (κ1) is 24.6. The molecule has 0 unspecified atom stereocenters. The predicted molar refractivity (Wildman–Crippen MR) is 124 cm³/mol. The fourth-order valence-corrected chi connectivity index (χ4v) is 4.32. The molecule has 3 N–H and O–H groups in total. The van der Waals surface area contributed by atoms with Crippen LogP contribution in [0, 0.1) is 6.92 Å². The summed E-state index contributed by atoms with van der Waals surface area (Å²) in [4.78, 5) is 5.66. The minimum Gasteiger partial charge on any atom is -0.488 e. The van der Waals surface area contributed by atoms with Crippen molar-refractivity contribution < 1.29 is 23.1 Å². The number of aromatic nitrogens is 1. The van der Waals surface area contributed by atoms with Gasteiger partial charge in [0, 0.05) is 12.0 Å². The van der Waals surface area contributed by atoms with E-state index in [9.17, 15) is 13.2 Å². The summed E-state index contributed by atoms with van der Waals surface area (Å²) >= 11 is 1.44. The van der Waals surface area contributed by atoms with E-state index < -0.39 is 11.7 Å². The van der Waals surface area contributed by atoms with Crippen molar-refractivity contribution in [1.82, 2.24) is 4.98 Å². The van der Waals surface area contributed by atoms with Gasteiger partial charge < -0.3 is 15.7 Å². The Bertz CT molecular complexity index is 1110. The largest absolute Gasteiger partial charge is 0.488 e. The molecule has 0 saturated carbocycles. The maximum absolute atomic E-state index is 12.9. The van der Waals surface area contributed by atoms with E-state index >= 15 is 0 Å². The minimum atomic E-state index is -4.36. The van der Waals surface area contributed by atoms with Crippen molar-refractivity contribution in [3.05, 3.63) is 69.7 Å². The number of hydrogen-bond acceptors (Lipinski definition) is 5. The van der Waals surface area contributed by atoms with Crippen LogP contribution in [0.5, 0.6) is 5.75 Å². The molecule has 2 aromatic carbocycles. The van der Waals surface area contributed by atoms with Crippen LogP contribution in [-0.4, -0.2) is 16.0 Å². The summed E-state index contributed by atoms with van der Waals surface area (Å²) < 4.78 is 44.6. The Kier molecular flexibility index (Phi) is 7.97. The number of amidine groups is 1. The number of aryl methyl sites for hydroxylation is 2. The number of unbranched alkanes of at least 4 members (excludes halogenated alkanes) is 1. The molecular weight excluding hydrogens is 451 g/mol. The first-order valence-electron chi connectivity index (χ1n) is 10.6. The molecule has 1 heterocycles. The van der Waals surface area contributed by atoms with Gasteiger partial charge >= 0.3 is 6.18 Å². The number of halogens is 3. The number of thiazole rings is 1. The van der Waals surface area contributed by atoms with Gasteiger partial charge in [-0.2, -0.15) is 13.2 Å². The number of nitrogens with two attached hydrogens (primary N) is 1. The van der Waals surface area contributed by atoms with Crippen molar-refractivity contribution in [2.24, 2.45) is 10.9 Å². The normalized spacial score (nSPS) is 12.2. The molecule has 0 fully saturated rings. The second-order valence-electron chi connectivity index (χ2n) is 7.71. The Morgan fingerprint density at radius 2 is 1.91 bits per heavy atom. The van der Waals surface area contributed by atoms with Crippen molar-refractivity contribution in [3.8, 4) is 16.3 Å². The van der Waals surface area contributed by atoms with Gasteiger partial charge in [-0.25, -0.2) is 4.98 Å². The molecule has 0 spiro atoms. The van der Waals surface area contributed by atoms with E-state index in [-0.39, 0.29) is 5.84 Å². The second kappa shape index (κ2) is 10.7. The van der Waals surface area contributed by atoms with Crippen LogP contribution in [0.25, 0.3) is 10.6 Å². The van der Waals surface area contributed by atoms with Gasteiger partial charge in [0.2, 0.25) is 0 Å². The summed E-state index contributed by atoms with van der Waals surface area (Å²) in [6, 6.07) is 10.7. The van der Waals surface area contributed by atoms with Crippen LogP contribution in [0.3, 0.4) is 0 Å². The van der Waals surface area contributed by atoms with Crippen molar-refractivity contribution in [1.29, 1.82) is 0 Å². The van der Waals surface area contributed by atoms with E-state index in [1.165, 1.54) is 23.5 Å². The lowest BCUT2D eigenvalue weighted by Gasteiger charge is -2.10. The monoisotopic (exact) mass is 477 g/mol. The Labute approximate surface area is 194 Å². The van der Waals surface area contributed by atoms with E-state index in [1.54, 1.807) is 0 Å². The summed E-state index contributed by atoms with van der Waals surface area (Å²) in [6.07, 6.45) is -1.27. The molecule has 1 aromatic heterocycles. The fourth-order valence-electron chi connectivity index (χ4n) is 3.30. The van der Waals surface area contributed by atoms with Crippen LogP contribution in [0.15, 0.2) is 47.6 Å². The molecule has 0 aliphatic carbocycles. The predicted octanol–water partition coefficient (Wildman–Crippen LogP) is 6.35. The SMILES string of the molecule is CCCCc1nc(-c2ccc(C(F)(F)F)cc2)sc1COc1ccc(C/C(N)=N/O)c(C)c1. The highest BCUT2D eigenvalue weighted by Gasteiger charge is 2.30. The number of nitrogens with zero attached hydrogens (tertiary/aromatic N) is 2. The highest BCUT2D eigenvalue weighted by molar-refractivity contribution is 7.15. The Balaban J connectivity index is 1.78. The first-order chi connectivity index (χ1) is 15.7. The zero-order valence-corrected chi connectivity index (χ0v) is 19.3. The lowest BCUT2D eigenvalue weighted by Crippen LogP contribution is -2.15. The average molecular weight is 478 g/mol. The highest BCUT2D eigenvalue weighted by Crippen LogP contribution is 2.34. The topological polar surface area (TPSA) is 80.7 Å². The molecule has 3 rings (SSSR count). The Morgan fingerprint density at radius 1 is 1.18 bits per heavy atom. The number of oxime groups is 1. The molecule has 3 aromatic rings. The molecule has 0 radical (unpaired) electrons. The Morgan fingerprint density at radius 3 is 2.52 bits per heavy atom. The van der Waals surface area contributed by atoms with Crippen LogP contribution >= 0.6 is 11.3 Å². The van der Waals surface area contributed by atoms with Gasteiger partial charge in [0.1, 0.15) is 23.2 Å². The molecule has 176 valence electrons. The summed E-state index contributed by atoms with van der Waals surface area (Å²) in [5.41, 5.74) is 8.37. The summed E-state index contributed by atoms with van der Waals surface area (Å²) in [7, 11) is 0. The zero-order valence-electron chi connectivity index (χ0n) is 18.4. The summed E-state index contributed by atoms with van der Waals surface area (Å²) in [6.45, 7) is 4.34. The molecule has 0 aliphatic rings. The van der Waals surface area contributed by atoms with E-state index in [0.29, 0.717) is 29.3 Å². The van der Waals surface area contributed by atoms with Crippen LogP contribution in [0.2, 0.25) is 0 Å². The Hall–Kier alpha value is -3.07. The zero-order chi connectivity index (χ0) is 24.0. The molecule has 0 bridgehead atoms. The molecule has 33 heavy (non-hydrogen) atoms. The molecule has 0 atom stereocenters. The fraction of sp³-hybridized carbons (Fsp3) is 0.333. The number of rotatable bonds is 9. The van der Waals surface area contributed by atoms with Crippen molar-refractivity contribution in [3.63, 3.8) is 0 Å². The van der Waals surface area contributed by atoms with Crippen LogP contribution in [0.4, 0.5) is 13.2 Å². The van der Waals surface area contributed by atoms with E-state index in [0.717, 1.165) is 53.1 Å². The van der Waals surface area contributed by atoms with E-state index in [4.69, 9.17) is 20.7 Å². The van der Waals surface area contributed by atoms with Crippen molar-refractivity contribution in [2.45, 2.75) is 52.3 Å². The maximum Gasteiger partial charge on any atom is 0.416 e. The minimum absolute atomic E-state index is 0.132. The number of ether oxygens (including phenoxy) is 1. The molecule has 0 aliphatic heterocycles. The second-order valence-corrected chi connectivity index (χ2v) is 8.80. The maximum atomic E-state index is 12.9. The van der Waals surface area contributed by atoms with Crippen LogP contribution in [0.1, 0.15) is 47.0 Å². The van der Waals surface area contributed by atoms with Gasteiger partial charge in [0.25, 0.3) is 0 Å². The third-order valence-corrected chi connectivity index (χ3v) is 6.31. The quantitative estimate of drug-likeness (QED) is 0.163. The summed E-state index contributed by atoms with van der Waals surface area (Å²) in [5, 5.41) is 12.4. The summed E-state index contributed by atoms with van der Waals surface area (Å²) in [5.74, 6) is 0.814.